The first kappa shape index (κ1) is 15.8. The van der Waals surface area contributed by atoms with Crippen molar-refractivity contribution in [1.82, 2.24) is 4.90 Å². The van der Waals surface area contributed by atoms with E-state index in [0.29, 0.717) is 18.0 Å². The van der Waals surface area contributed by atoms with Crippen molar-refractivity contribution < 1.29 is 14.6 Å². The van der Waals surface area contributed by atoms with E-state index in [-0.39, 0.29) is 13.2 Å². The molecular weight excluding hydrogens is 314 g/mol. The first-order valence-electron chi connectivity index (χ1n) is 7.51. The highest BCUT2D eigenvalue weighted by atomic mass is 35.5. The van der Waals surface area contributed by atoms with Gasteiger partial charge in [0.15, 0.2) is 0 Å². The summed E-state index contributed by atoms with van der Waals surface area (Å²) in [5, 5.41) is 11.4. The summed E-state index contributed by atoms with van der Waals surface area (Å²) in [5.74, 6) is 0. The van der Waals surface area contributed by atoms with Crippen molar-refractivity contribution in [2.24, 2.45) is 0 Å². The number of carbonyl (C=O) groups is 1. The van der Waals surface area contributed by atoms with Gasteiger partial charge >= 0.3 is 6.09 Å². The number of aliphatic hydroxyl groups is 1. The molecule has 1 aliphatic rings. The lowest BCUT2D eigenvalue weighted by Gasteiger charge is -2.24. The van der Waals surface area contributed by atoms with Crippen LogP contribution in [0.2, 0.25) is 5.02 Å². The molecule has 120 valence electrons. The van der Waals surface area contributed by atoms with E-state index in [1.54, 1.807) is 18.2 Å². The van der Waals surface area contributed by atoms with Gasteiger partial charge in [-0.2, -0.15) is 0 Å². The number of nitrogens with zero attached hydrogens (tertiary/aromatic N) is 1. The van der Waals surface area contributed by atoms with Gasteiger partial charge in [0, 0.05) is 11.6 Å². The Morgan fingerprint density at radius 3 is 2.74 bits per heavy atom. The van der Waals surface area contributed by atoms with E-state index in [1.807, 2.05) is 36.4 Å². The third kappa shape index (κ3) is 3.66. The van der Waals surface area contributed by atoms with Crippen molar-refractivity contribution in [3.05, 3.63) is 70.7 Å². The fourth-order valence-corrected chi connectivity index (χ4v) is 2.96. The maximum absolute atomic E-state index is 12.2. The Balaban J connectivity index is 1.61. The second kappa shape index (κ2) is 6.60. The zero-order valence-corrected chi connectivity index (χ0v) is 13.4. The summed E-state index contributed by atoms with van der Waals surface area (Å²) in [7, 11) is 0. The van der Waals surface area contributed by atoms with Crippen molar-refractivity contribution >= 4 is 17.7 Å². The lowest BCUT2D eigenvalue weighted by Crippen LogP contribution is -2.34. The highest BCUT2D eigenvalue weighted by molar-refractivity contribution is 6.30. The van der Waals surface area contributed by atoms with E-state index in [2.05, 4.69) is 0 Å². The minimum absolute atomic E-state index is 0.209. The largest absolute Gasteiger partial charge is 0.445 e. The average Bonchev–Trinajstić information content (AvgIpc) is 2.97. The van der Waals surface area contributed by atoms with Gasteiger partial charge in [-0.3, -0.25) is 0 Å². The minimum Gasteiger partial charge on any atom is -0.445 e. The van der Waals surface area contributed by atoms with Crippen LogP contribution in [0.1, 0.15) is 17.5 Å². The van der Waals surface area contributed by atoms with Crippen LogP contribution in [0.3, 0.4) is 0 Å². The Kier molecular flexibility index (Phi) is 4.55. The van der Waals surface area contributed by atoms with E-state index in [4.69, 9.17) is 16.3 Å². The number of hydrogen-bond donors (Lipinski definition) is 1. The van der Waals surface area contributed by atoms with E-state index >= 15 is 0 Å². The van der Waals surface area contributed by atoms with Gasteiger partial charge in [0.2, 0.25) is 0 Å². The number of amides is 1. The first-order chi connectivity index (χ1) is 11.1. The number of ether oxygens (including phenoxy) is 1. The second-order valence-electron chi connectivity index (χ2n) is 5.75. The molecule has 2 aromatic carbocycles. The van der Waals surface area contributed by atoms with Gasteiger partial charge in [0.1, 0.15) is 12.2 Å². The summed E-state index contributed by atoms with van der Waals surface area (Å²) in [5.41, 5.74) is 0.588. The molecule has 1 saturated heterocycles. The topological polar surface area (TPSA) is 49.8 Å². The normalized spacial score (nSPS) is 20.5. The van der Waals surface area contributed by atoms with Crippen LogP contribution in [0.5, 0.6) is 0 Å². The first-order valence-corrected chi connectivity index (χ1v) is 7.89. The lowest BCUT2D eigenvalue weighted by molar-refractivity contribution is 0.0407. The molecule has 0 aliphatic carbocycles. The van der Waals surface area contributed by atoms with E-state index in [0.717, 1.165) is 11.1 Å². The van der Waals surface area contributed by atoms with E-state index in [1.165, 1.54) is 4.90 Å². The van der Waals surface area contributed by atoms with Gasteiger partial charge in [0.05, 0.1) is 6.54 Å². The Morgan fingerprint density at radius 1 is 1.22 bits per heavy atom. The highest BCUT2D eigenvalue weighted by Gasteiger charge is 2.40. The summed E-state index contributed by atoms with van der Waals surface area (Å²) in [6.07, 6.45) is 0.0557. The van der Waals surface area contributed by atoms with Gasteiger partial charge < -0.3 is 14.7 Å². The Bertz CT molecular complexity index is 692. The molecule has 0 bridgehead atoms. The fourth-order valence-electron chi connectivity index (χ4n) is 2.77. The molecular formula is C18H18ClNO3. The molecule has 2 aromatic rings. The monoisotopic (exact) mass is 331 g/mol. The minimum atomic E-state index is -1.07. The summed E-state index contributed by atoms with van der Waals surface area (Å²) >= 11 is 5.99. The second-order valence-corrected chi connectivity index (χ2v) is 6.19. The maximum Gasteiger partial charge on any atom is 0.410 e. The average molecular weight is 332 g/mol. The number of carbonyl (C=O) groups excluding carboxylic acids is 1. The molecule has 0 saturated carbocycles. The Morgan fingerprint density at radius 2 is 2.00 bits per heavy atom. The van der Waals surface area contributed by atoms with Crippen LogP contribution in [0.25, 0.3) is 0 Å². The molecule has 1 N–H and O–H groups in total. The van der Waals surface area contributed by atoms with Crippen LogP contribution >= 0.6 is 11.6 Å². The summed E-state index contributed by atoms with van der Waals surface area (Å²) in [6.45, 7) is 0.892. The third-order valence-electron chi connectivity index (χ3n) is 4.07. The third-order valence-corrected chi connectivity index (χ3v) is 4.31. The van der Waals surface area contributed by atoms with Gasteiger partial charge in [-0.15, -0.1) is 0 Å². The maximum atomic E-state index is 12.2. The smallest absolute Gasteiger partial charge is 0.410 e. The van der Waals surface area contributed by atoms with Crippen molar-refractivity contribution in [2.45, 2.75) is 18.6 Å². The van der Waals surface area contributed by atoms with Crippen LogP contribution in [0.15, 0.2) is 54.6 Å². The van der Waals surface area contributed by atoms with Crippen LogP contribution in [-0.2, 0) is 16.9 Å². The number of β-amino-alcohol motifs (C(OH)–C–C–N with tert-alkyl or cyclic N) is 1. The summed E-state index contributed by atoms with van der Waals surface area (Å²) in [6, 6.07) is 16.6. The van der Waals surface area contributed by atoms with Gasteiger partial charge in [-0.1, -0.05) is 54.1 Å². The lowest BCUT2D eigenvalue weighted by atomic mass is 9.93. The Hall–Kier alpha value is -2.04. The highest BCUT2D eigenvalue weighted by Crippen LogP contribution is 2.33. The van der Waals surface area contributed by atoms with Gasteiger partial charge in [0.25, 0.3) is 0 Å². The Labute approximate surface area is 140 Å². The van der Waals surface area contributed by atoms with E-state index < -0.39 is 11.7 Å². The van der Waals surface area contributed by atoms with E-state index in [9.17, 15) is 9.90 Å². The van der Waals surface area contributed by atoms with Crippen molar-refractivity contribution in [2.75, 3.05) is 13.1 Å². The number of likely N-dealkylation sites (tertiary alicyclic amines) is 1. The number of rotatable bonds is 3. The number of hydrogen-bond acceptors (Lipinski definition) is 3. The molecule has 1 amide bonds. The van der Waals surface area contributed by atoms with Crippen LogP contribution in [0.4, 0.5) is 4.79 Å². The number of benzene rings is 2. The molecule has 0 aromatic heterocycles. The molecule has 5 heteroatoms. The predicted octanol–water partition coefficient (Wildman–Crippen LogP) is 3.57. The molecule has 1 atom stereocenters. The van der Waals surface area contributed by atoms with Crippen LogP contribution in [0, 0.1) is 0 Å². The molecule has 3 rings (SSSR count). The van der Waals surface area contributed by atoms with Gasteiger partial charge in [-0.25, -0.2) is 4.79 Å². The number of halogens is 1. The molecule has 0 radical (unpaired) electrons. The molecule has 1 aliphatic heterocycles. The standard InChI is InChI=1S/C18H18ClNO3/c19-16-8-4-7-15(11-16)18(22)9-10-20(13-18)17(21)23-12-14-5-2-1-3-6-14/h1-8,11,22H,9-10,12-13H2. The van der Waals surface area contributed by atoms with Crippen molar-refractivity contribution in [3.8, 4) is 0 Å². The molecule has 1 heterocycles. The predicted molar refractivity (Wildman–Crippen MR) is 88.2 cm³/mol. The summed E-state index contributed by atoms with van der Waals surface area (Å²) in [4.78, 5) is 13.7. The molecule has 4 nitrogen and oxygen atoms in total. The van der Waals surface area contributed by atoms with Crippen LogP contribution < -0.4 is 0 Å². The summed E-state index contributed by atoms with van der Waals surface area (Å²) < 4.78 is 5.31. The molecule has 0 spiro atoms. The van der Waals surface area contributed by atoms with Crippen molar-refractivity contribution in [3.63, 3.8) is 0 Å². The molecule has 1 fully saturated rings. The zero-order valence-electron chi connectivity index (χ0n) is 12.6. The fraction of sp³-hybridized carbons (Fsp3) is 0.278. The molecule has 23 heavy (non-hydrogen) atoms. The SMILES string of the molecule is O=C(OCc1ccccc1)N1CCC(O)(c2cccc(Cl)c2)C1. The quantitative estimate of drug-likeness (QED) is 0.935. The zero-order chi connectivity index (χ0) is 16.3. The van der Waals surface area contributed by atoms with Gasteiger partial charge in [-0.05, 0) is 29.7 Å². The molecule has 1 unspecified atom stereocenters. The van der Waals surface area contributed by atoms with Crippen molar-refractivity contribution in [1.29, 1.82) is 0 Å². The van der Waals surface area contributed by atoms with Crippen LogP contribution in [-0.4, -0.2) is 29.2 Å².